The largest absolute Gasteiger partial charge is 0.349 e. The molecule has 7 heteroatoms. The summed E-state index contributed by atoms with van der Waals surface area (Å²) in [5, 5.41) is 6.07. The standard InChI is InChI=1S/C20H27N5O2/c1-14(26)24-18(17-5-3-4-10-21-17)16-8-6-15(7-9-16)13-23-20(27)19-22-11-12-25(19)2/h3-5,10-12,15-16,18H,6-9,13H2,1-2H3,(H,23,27)(H,24,26). The molecular weight excluding hydrogens is 342 g/mol. The average molecular weight is 369 g/mol. The highest BCUT2D eigenvalue weighted by molar-refractivity contribution is 5.90. The summed E-state index contributed by atoms with van der Waals surface area (Å²) < 4.78 is 1.72. The maximum absolute atomic E-state index is 12.2. The van der Waals surface area contributed by atoms with Crippen LogP contribution in [0.3, 0.4) is 0 Å². The molecule has 1 aliphatic rings. The lowest BCUT2D eigenvalue weighted by atomic mass is 9.77. The van der Waals surface area contributed by atoms with E-state index in [0.29, 0.717) is 24.2 Å². The third kappa shape index (κ3) is 4.93. The van der Waals surface area contributed by atoms with Crippen molar-refractivity contribution in [2.24, 2.45) is 18.9 Å². The van der Waals surface area contributed by atoms with Gasteiger partial charge in [-0.25, -0.2) is 4.98 Å². The van der Waals surface area contributed by atoms with Crippen LogP contribution in [-0.4, -0.2) is 32.9 Å². The van der Waals surface area contributed by atoms with E-state index >= 15 is 0 Å². The zero-order valence-electron chi connectivity index (χ0n) is 15.9. The van der Waals surface area contributed by atoms with Gasteiger partial charge in [-0.15, -0.1) is 0 Å². The summed E-state index contributed by atoms with van der Waals surface area (Å²) in [6, 6.07) is 5.76. The van der Waals surface area contributed by atoms with Gasteiger partial charge in [0, 0.05) is 39.1 Å². The van der Waals surface area contributed by atoms with Crippen LogP contribution in [0.1, 0.15) is 55.0 Å². The molecule has 1 aliphatic carbocycles. The molecule has 3 rings (SSSR count). The highest BCUT2D eigenvalue weighted by Gasteiger charge is 2.30. The minimum atomic E-state index is -0.130. The number of imidazole rings is 1. The Bertz CT molecular complexity index is 766. The quantitative estimate of drug-likeness (QED) is 0.817. The van der Waals surface area contributed by atoms with Crippen molar-refractivity contribution in [2.45, 2.75) is 38.6 Å². The normalized spacial score (nSPS) is 20.7. The van der Waals surface area contributed by atoms with Crippen molar-refractivity contribution in [1.29, 1.82) is 0 Å². The molecule has 2 N–H and O–H groups in total. The Kier molecular flexibility index (Phi) is 6.21. The predicted octanol–water partition coefficient (Wildman–Crippen LogP) is 2.23. The number of aromatic nitrogens is 3. The van der Waals surface area contributed by atoms with E-state index in [0.717, 1.165) is 31.4 Å². The second kappa shape index (κ2) is 8.79. The minimum Gasteiger partial charge on any atom is -0.349 e. The van der Waals surface area contributed by atoms with Crippen molar-refractivity contribution in [3.8, 4) is 0 Å². The van der Waals surface area contributed by atoms with Gasteiger partial charge < -0.3 is 15.2 Å². The van der Waals surface area contributed by atoms with E-state index in [1.807, 2.05) is 25.2 Å². The van der Waals surface area contributed by atoms with E-state index < -0.39 is 0 Å². The van der Waals surface area contributed by atoms with Crippen LogP contribution in [0.5, 0.6) is 0 Å². The second-order valence-electron chi connectivity index (χ2n) is 7.29. The number of nitrogens with zero attached hydrogens (tertiary/aromatic N) is 3. The summed E-state index contributed by atoms with van der Waals surface area (Å²) >= 11 is 0. The molecule has 0 radical (unpaired) electrons. The Morgan fingerprint density at radius 2 is 1.96 bits per heavy atom. The van der Waals surface area contributed by atoms with Crippen molar-refractivity contribution in [2.75, 3.05) is 6.54 Å². The molecule has 27 heavy (non-hydrogen) atoms. The third-order valence-electron chi connectivity index (χ3n) is 5.30. The first-order chi connectivity index (χ1) is 13.0. The van der Waals surface area contributed by atoms with Crippen molar-refractivity contribution >= 4 is 11.8 Å². The van der Waals surface area contributed by atoms with E-state index in [-0.39, 0.29) is 17.9 Å². The fourth-order valence-corrected chi connectivity index (χ4v) is 3.84. The Morgan fingerprint density at radius 1 is 1.19 bits per heavy atom. The summed E-state index contributed by atoms with van der Waals surface area (Å²) in [6.07, 6.45) is 9.21. The molecule has 7 nitrogen and oxygen atoms in total. The van der Waals surface area contributed by atoms with Crippen molar-refractivity contribution in [3.05, 3.63) is 48.3 Å². The fraction of sp³-hybridized carbons (Fsp3) is 0.500. The van der Waals surface area contributed by atoms with Crippen LogP contribution in [0.15, 0.2) is 36.8 Å². The number of rotatable bonds is 6. The molecule has 1 unspecified atom stereocenters. The number of hydrogen-bond donors (Lipinski definition) is 2. The summed E-state index contributed by atoms with van der Waals surface area (Å²) in [5.74, 6) is 1.09. The van der Waals surface area contributed by atoms with E-state index in [9.17, 15) is 9.59 Å². The molecule has 0 aromatic carbocycles. The number of amides is 2. The average Bonchev–Trinajstić information content (AvgIpc) is 3.11. The van der Waals surface area contributed by atoms with Gasteiger partial charge in [-0.2, -0.15) is 0 Å². The number of hydrogen-bond acceptors (Lipinski definition) is 4. The molecule has 0 bridgehead atoms. The van der Waals surface area contributed by atoms with Gasteiger partial charge in [-0.05, 0) is 49.7 Å². The molecular formula is C20H27N5O2. The lowest BCUT2D eigenvalue weighted by molar-refractivity contribution is -0.120. The SMILES string of the molecule is CC(=O)NC(c1ccccn1)C1CCC(CNC(=O)c2nccn2C)CC1. The third-order valence-corrected chi connectivity index (χ3v) is 5.30. The highest BCUT2D eigenvalue weighted by atomic mass is 16.2. The van der Waals surface area contributed by atoms with Crippen LogP contribution in [0.2, 0.25) is 0 Å². The van der Waals surface area contributed by atoms with Gasteiger partial charge in [0.05, 0.1) is 11.7 Å². The number of nitrogens with one attached hydrogen (secondary N) is 2. The molecule has 0 saturated heterocycles. The molecule has 144 valence electrons. The van der Waals surface area contributed by atoms with Crippen LogP contribution in [0.25, 0.3) is 0 Å². The topological polar surface area (TPSA) is 88.9 Å². The zero-order valence-corrected chi connectivity index (χ0v) is 15.9. The van der Waals surface area contributed by atoms with Gasteiger partial charge in [0.2, 0.25) is 5.91 Å². The molecule has 2 aromatic heterocycles. The molecule has 0 spiro atoms. The van der Waals surface area contributed by atoms with Crippen LogP contribution in [-0.2, 0) is 11.8 Å². The van der Waals surface area contributed by atoms with Gasteiger partial charge in [0.1, 0.15) is 0 Å². The van der Waals surface area contributed by atoms with Crippen molar-refractivity contribution < 1.29 is 9.59 Å². The predicted molar refractivity (Wildman–Crippen MR) is 102 cm³/mol. The summed E-state index contributed by atoms with van der Waals surface area (Å²) in [6.45, 7) is 2.21. The summed E-state index contributed by atoms with van der Waals surface area (Å²) in [5.41, 5.74) is 0.916. The molecule has 0 aliphatic heterocycles. The number of carbonyl (C=O) groups is 2. The van der Waals surface area contributed by atoms with Crippen LogP contribution in [0.4, 0.5) is 0 Å². The van der Waals surface area contributed by atoms with E-state index in [1.54, 1.807) is 30.1 Å². The van der Waals surface area contributed by atoms with Gasteiger partial charge >= 0.3 is 0 Å². The Morgan fingerprint density at radius 3 is 2.56 bits per heavy atom. The maximum Gasteiger partial charge on any atom is 0.287 e. The van der Waals surface area contributed by atoms with E-state index in [4.69, 9.17) is 0 Å². The van der Waals surface area contributed by atoms with Crippen molar-refractivity contribution in [1.82, 2.24) is 25.2 Å². The Balaban J connectivity index is 1.53. The second-order valence-corrected chi connectivity index (χ2v) is 7.29. The number of pyridine rings is 1. The number of carbonyl (C=O) groups excluding carboxylic acids is 2. The first kappa shape index (κ1) is 19.1. The minimum absolute atomic E-state index is 0.0323. The smallest absolute Gasteiger partial charge is 0.287 e. The maximum atomic E-state index is 12.2. The first-order valence-corrected chi connectivity index (χ1v) is 9.48. The zero-order chi connectivity index (χ0) is 19.2. The Hall–Kier alpha value is -2.70. The lowest BCUT2D eigenvalue weighted by Crippen LogP contribution is -2.37. The van der Waals surface area contributed by atoms with Crippen LogP contribution >= 0.6 is 0 Å². The van der Waals surface area contributed by atoms with Gasteiger partial charge in [-0.1, -0.05) is 6.07 Å². The highest BCUT2D eigenvalue weighted by Crippen LogP contribution is 2.36. The van der Waals surface area contributed by atoms with Crippen LogP contribution < -0.4 is 10.6 Å². The fourth-order valence-electron chi connectivity index (χ4n) is 3.84. The molecule has 1 fully saturated rings. The molecule has 2 aromatic rings. The molecule has 1 saturated carbocycles. The summed E-state index contributed by atoms with van der Waals surface area (Å²) in [4.78, 5) is 32.4. The lowest BCUT2D eigenvalue weighted by Gasteiger charge is -2.34. The van der Waals surface area contributed by atoms with Gasteiger partial charge in [-0.3, -0.25) is 14.6 Å². The van der Waals surface area contributed by atoms with Crippen LogP contribution in [0, 0.1) is 11.8 Å². The summed E-state index contributed by atoms with van der Waals surface area (Å²) in [7, 11) is 1.81. The molecule has 2 amide bonds. The van der Waals surface area contributed by atoms with Gasteiger partial charge in [0.15, 0.2) is 5.82 Å². The van der Waals surface area contributed by atoms with E-state index in [1.165, 1.54) is 0 Å². The molecule has 2 heterocycles. The Labute approximate surface area is 159 Å². The monoisotopic (exact) mass is 369 g/mol. The first-order valence-electron chi connectivity index (χ1n) is 9.48. The molecule has 1 atom stereocenters. The van der Waals surface area contributed by atoms with Gasteiger partial charge in [0.25, 0.3) is 5.91 Å². The van der Waals surface area contributed by atoms with Crippen molar-refractivity contribution in [3.63, 3.8) is 0 Å². The number of aryl methyl sites for hydroxylation is 1. The van der Waals surface area contributed by atoms with E-state index in [2.05, 4.69) is 20.6 Å².